The van der Waals surface area contributed by atoms with E-state index < -0.39 is 5.79 Å². The Bertz CT molecular complexity index is 1650. The molecule has 11 nitrogen and oxygen atoms in total. The van der Waals surface area contributed by atoms with Gasteiger partial charge in [-0.05, 0) is 60.7 Å². The second kappa shape index (κ2) is 13.0. The van der Waals surface area contributed by atoms with Crippen molar-refractivity contribution < 1.29 is 19.0 Å². The number of likely N-dealkylation sites (N-methyl/N-ethyl adjacent to an activating group) is 1. The molecule has 2 amide bonds. The normalized spacial score (nSPS) is 21.8. The van der Waals surface area contributed by atoms with E-state index in [1.54, 1.807) is 28.0 Å². The molecule has 240 valence electrons. The van der Waals surface area contributed by atoms with Crippen molar-refractivity contribution in [2.75, 3.05) is 74.2 Å². The van der Waals surface area contributed by atoms with E-state index in [4.69, 9.17) is 37.4 Å². The van der Waals surface area contributed by atoms with Crippen LogP contribution in [0.4, 0.5) is 21.9 Å². The Kier molecular flexibility index (Phi) is 8.65. The fraction of sp³-hybridized carbons (Fsp3) is 0.364. The monoisotopic (exact) mass is 663 g/mol. The minimum absolute atomic E-state index is 0.0552. The number of urea groups is 1. The number of rotatable bonds is 9. The van der Waals surface area contributed by atoms with Gasteiger partial charge in [0.1, 0.15) is 37.7 Å². The molecule has 3 aromatic carbocycles. The summed E-state index contributed by atoms with van der Waals surface area (Å²) < 4.78 is 20.5. The summed E-state index contributed by atoms with van der Waals surface area (Å²) in [5.74, 6) is -0.395. The van der Waals surface area contributed by atoms with Gasteiger partial charge in [0.25, 0.3) is 0 Å². The third-order valence-corrected chi connectivity index (χ3v) is 9.25. The van der Waals surface area contributed by atoms with Crippen molar-refractivity contribution in [3.05, 3.63) is 95.0 Å². The fourth-order valence-electron chi connectivity index (χ4n) is 6.18. The number of carbonyl (C=O) groups excluding carboxylic acids is 1. The van der Waals surface area contributed by atoms with Crippen LogP contribution in [0.5, 0.6) is 5.75 Å². The summed E-state index contributed by atoms with van der Waals surface area (Å²) in [6.07, 6.45) is 2.75. The summed E-state index contributed by atoms with van der Waals surface area (Å²) in [5.41, 5.74) is 3.95. The van der Waals surface area contributed by atoms with Gasteiger partial charge in [-0.15, -0.1) is 0 Å². The van der Waals surface area contributed by atoms with E-state index in [0.29, 0.717) is 28.8 Å². The molecule has 0 radical (unpaired) electrons. The quantitative estimate of drug-likeness (QED) is 0.244. The molecule has 0 bridgehead atoms. The molecule has 2 unspecified atom stereocenters. The Morgan fingerprint density at radius 1 is 0.891 bits per heavy atom. The molecule has 3 fully saturated rings. The van der Waals surface area contributed by atoms with Gasteiger partial charge in [-0.1, -0.05) is 29.3 Å². The van der Waals surface area contributed by atoms with Crippen molar-refractivity contribution in [1.82, 2.24) is 19.7 Å². The summed E-state index contributed by atoms with van der Waals surface area (Å²) in [5, 5.41) is 5.21. The summed E-state index contributed by atoms with van der Waals surface area (Å²) in [6, 6.07) is 21.8. The van der Waals surface area contributed by atoms with Crippen LogP contribution in [-0.2, 0) is 21.8 Å². The Labute approximate surface area is 277 Å². The maximum Gasteiger partial charge on any atom is 0.324 e. The standard InChI is InChI=1S/C33H35Cl2N7O4/c1-38-12-17-42(32(38)43)27-5-3-25(4-6-27)39-13-15-40(16-14-39)26-7-9-28(10-8-26)44-19-29-20-45-33(46-29,21-41-23-36-22-37-41)30-11-2-24(34)18-31(30)35/h2-11,18,22-23,29H,12-17,19-21H2,1H3. The number of hydrogen-bond donors (Lipinski definition) is 0. The van der Waals surface area contributed by atoms with Crippen LogP contribution in [0.3, 0.4) is 0 Å². The highest BCUT2D eigenvalue weighted by Crippen LogP contribution is 2.40. The van der Waals surface area contributed by atoms with Crippen LogP contribution < -0.4 is 19.4 Å². The van der Waals surface area contributed by atoms with E-state index >= 15 is 0 Å². The van der Waals surface area contributed by atoms with Crippen LogP contribution in [0.2, 0.25) is 10.0 Å². The first-order valence-corrected chi connectivity index (χ1v) is 16.1. The van der Waals surface area contributed by atoms with Crippen molar-refractivity contribution in [3.8, 4) is 5.75 Å². The van der Waals surface area contributed by atoms with Crippen molar-refractivity contribution in [3.63, 3.8) is 0 Å². The molecule has 1 aromatic heterocycles. The molecule has 0 aliphatic carbocycles. The average molecular weight is 665 g/mol. The molecule has 13 heteroatoms. The highest BCUT2D eigenvalue weighted by atomic mass is 35.5. The maximum atomic E-state index is 12.3. The van der Waals surface area contributed by atoms with E-state index in [-0.39, 0.29) is 18.7 Å². The predicted octanol–water partition coefficient (Wildman–Crippen LogP) is 5.13. The minimum atomic E-state index is -1.15. The van der Waals surface area contributed by atoms with Gasteiger partial charge in [-0.3, -0.25) is 4.90 Å². The van der Waals surface area contributed by atoms with E-state index in [9.17, 15) is 4.79 Å². The molecule has 0 saturated carbocycles. The predicted molar refractivity (Wildman–Crippen MR) is 177 cm³/mol. The Hall–Kier alpha value is -4.03. The number of amides is 2. The Balaban J connectivity index is 0.923. The number of piperazine rings is 1. The van der Waals surface area contributed by atoms with Crippen LogP contribution in [-0.4, -0.2) is 91.3 Å². The molecule has 2 atom stereocenters. The first-order chi connectivity index (χ1) is 22.4. The number of carbonyl (C=O) groups is 1. The van der Waals surface area contributed by atoms with E-state index in [1.165, 1.54) is 12.0 Å². The number of nitrogens with zero attached hydrogens (tertiary/aromatic N) is 7. The molecule has 3 saturated heterocycles. The number of benzene rings is 3. The van der Waals surface area contributed by atoms with Crippen LogP contribution in [0.1, 0.15) is 5.56 Å². The Morgan fingerprint density at radius 3 is 2.17 bits per heavy atom. The number of ether oxygens (including phenoxy) is 3. The molecular weight excluding hydrogens is 629 g/mol. The summed E-state index contributed by atoms with van der Waals surface area (Å²) in [7, 11) is 1.84. The van der Waals surface area contributed by atoms with Crippen LogP contribution in [0.15, 0.2) is 79.4 Å². The zero-order valence-electron chi connectivity index (χ0n) is 25.5. The number of anilines is 3. The van der Waals surface area contributed by atoms with Gasteiger partial charge < -0.3 is 28.9 Å². The average Bonchev–Trinajstić information content (AvgIpc) is 3.82. The van der Waals surface area contributed by atoms with Crippen molar-refractivity contribution in [2.45, 2.75) is 18.4 Å². The van der Waals surface area contributed by atoms with Crippen LogP contribution in [0.25, 0.3) is 0 Å². The second-order valence-electron chi connectivity index (χ2n) is 11.7. The molecular formula is C33H35Cl2N7O4. The zero-order valence-corrected chi connectivity index (χ0v) is 27.0. The number of halogens is 2. The lowest BCUT2D eigenvalue weighted by Crippen LogP contribution is -2.46. The van der Waals surface area contributed by atoms with E-state index in [0.717, 1.165) is 56.4 Å². The van der Waals surface area contributed by atoms with Crippen molar-refractivity contribution in [1.29, 1.82) is 0 Å². The third kappa shape index (κ3) is 6.32. The lowest BCUT2D eigenvalue weighted by molar-refractivity contribution is -0.190. The summed E-state index contributed by atoms with van der Waals surface area (Å²) in [6.45, 7) is 6.03. The maximum absolute atomic E-state index is 12.3. The summed E-state index contributed by atoms with van der Waals surface area (Å²) >= 11 is 12.7. The lowest BCUT2D eigenvalue weighted by Gasteiger charge is -2.37. The first kappa shape index (κ1) is 30.6. The summed E-state index contributed by atoms with van der Waals surface area (Å²) in [4.78, 5) is 24.7. The molecule has 0 spiro atoms. The van der Waals surface area contributed by atoms with Gasteiger partial charge in [0, 0.05) is 74.0 Å². The van der Waals surface area contributed by atoms with Crippen LogP contribution >= 0.6 is 23.2 Å². The molecule has 3 aliphatic rings. The molecule has 0 N–H and O–H groups in total. The van der Waals surface area contributed by atoms with Crippen molar-refractivity contribution >= 4 is 46.3 Å². The van der Waals surface area contributed by atoms with Gasteiger partial charge in [0.15, 0.2) is 0 Å². The van der Waals surface area contributed by atoms with E-state index in [1.807, 2.05) is 42.3 Å². The third-order valence-electron chi connectivity index (χ3n) is 8.70. The molecule has 7 rings (SSSR count). The molecule has 3 aliphatic heterocycles. The zero-order chi connectivity index (χ0) is 31.7. The number of aromatic nitrogens is 3. The molecule has 46 heavy (non-hydrogen) atoms. The van der Waals surface area contributed by atoms with Crippen LogP contribution in [0, 0.1) is 0 Å². The Morgan fingerprint density at radius 2 is 1.57 bits per heavy atom. The minimum Gasteiger partial charge on any atom is -0.491 e. The van der Waals surface area contributed by atoms with Gasteiger partial charge in [0.2, 0.25) is 5.79 Å². The van der Waals surface area contributed by atoms with Gasteiger partial charge in [0.05, 0.1) is 11.6 Å². The smallest absolute Gasteiger partial charge is 0.324 e. The van der Waals surface area contributed by atoms with Gasteiger partial charge in [-0.25, -0.2) is 14.5 Å². The van der Waals surface area contributed by atoms with Crippen molar-refractivity contribution in [2.24, 2.45) is 0 Å². The topological polar surface area (TPSA) is 88.4 Å². The number of hydrogen-bond acceptors (Lipinski definition) is 8. The van der Waals surface area contributed by atoms with E-state index in [2.05, 4.69) is 44.1 Å². The molecule has 4 heterocycles. The second-order valence-corrected chi connectivity index (χ2v) is 12.5. The largest absolute Gasteiger partial charge is 0.491 e. The molecule has 4 aromatic rings. The highest BCUT2D eigenvalue weighted by Gasteiger charge is 2.45. The van der Waals surface area contributed by atoms with Gasteiger partial charge in [-0.2, -0.15) is 5.10 Å². The fourth-order valence-corrected chi connectivity index (χ4v) is 6.73. The highest BCUT2D eigenvalue weighted by molar-refractivity contribution is 6.35. The SMILES string of the molecule is CN1CCN(c2ccc(N3CCN(c4ccc(OCC5COC(Cn6cncn6)(c6ccc(Cl)cc6Cl)O5)cc4)CC3)cc2)C1=O. The lowest BCUT2D eigenvalue weighted by atomic mass is 10.1. The first-order valence-electron chi connectivity index (χ1n) is 15.3. The van der Waals surface area contributed by atoms with Gasteiger partial charge >= 0.3 is 6.03 Å².